The fourth-order valence-electron chi connectivity index (χ4n) is 3.16. The predicted molar refractivity (Wildman–Crippen MR) is 85.1 cm³/mol. The number of hydrogen-bond donors (Lipinski definition) is 2. The van der Waals surface area contributed by atoms with E-state index in [9.17, 15) is 9.59 Å². The third-order valence-corrected chi connectivity index (χ3v) is 4.49. The lowest BCUT2D eigenvalue weighted by Crippen LogP contribution is -2.39. The van der Waals surface area contributed by atoms with Gasteiger partial charge < -0.3 is 15.6 Å². The first kappa shape index (κ1) is 15.3. The maximum Gasteiger partial charge on any atom is 0.274 e. The fraction of sp³-hybridized carbons (Fsp3) is 0.438. The molecule has 7 heteroatoms. The summed E-state index contributed by atoms with van der Waals surface area (Å²) in [6.45, 7) is 3.19. The van der Waals surface area contributed by atoms with E-state index in [0.29, 0.717) is 24.3 Å². The van der Waals surface area contributed by atoms with Gasteiger partial charge in [-0.15, -0.1) is 0 Å². The lowest BCUT2D eigenvalue weighted by Gasteiger charge is -2.32. The van der Waals surface area contributed by atoms with Crippen LogP contribution in [0.5, 0.6) is 0 Å². The maximum atomic E-state index is 12.6. The Bertz CT molecular complexity index is 726. The summed E-state index contributed by atoms with van der Waals surface area (Å²) < 4.78 is 1.70. The van der Waals surface area contributed by atoms with Crippen LogP contribution in [0.1, 0.15) is 51.0 Å². The molecule has 3 rings (SSSR count). The predicted octanol–water partition coefficient (Wildman–Crippen LogP) is 1.18. The molecule has 0 saturated carbocycles. The van der Waals surface area contributed by atoms with Gasteiger partial charge in [0.2, 0.25) is 0 Å². The largest absolute Gasteiger partial charge is 0.366 e. The third kappa shape index (κ3) is 2.86. The Balaban J connectivity index is 1.79. The van der Waals surface area contributed by atoms with E-state index < -0.39 is 5.91 Å². The van der Waals surface area contributed by atoms with E-state index in [1.807, 2.05) is 18.9 Å². The molecule has 0 spiro atoms. The number of aromatic amines is 1. The van der Waals surface area contributed by atoms with E-state index in [4.69, 9.17) is 5.73 Å². The zero-order chi connectivity index (χ0) is 16.6. The summed E-state index contributed by atoms with van der Waals surface area (Å²) in [5.74, 6) is -0.411. The average Bonchev–Trinajstić information content (AvgIpc) is 3.14. The Morgan fingerprint density at radius 2 is 2.22 bits per heavy atom. The van der Waals surface area contributed by atoms with Gasteiger partial charge in [-0.05, 0) is 31.9 Å². The quantitative estimate of drug-likeness (QED) is 0.890. The molecule has 2 aromatic heterocycles. The van der Waals surface area contributed by atoms with Crippen LogP contribution in [0, 0.1) is 6.92 Å². The number of aromatic nitrogens is 3. The van der Waals surface area contributed by atoms with Gasteiger partial charge in [0.25, 0.3) is 11.8 Å². The molecule has 0 aromatic carbocycles. The number of aryl methyl sites for hydroxylation is 2. The Kier molecular flexibility index (Phi) is 3.94. The molecule has 2 aromatic rings. The van der Waals surface area contributed by atoms with Gasteiger partial charge in [-0.2, -0.15) is 5.10 Å². The van der Waals surface area contributed by atoms with Crippen LogP contribution in [0.3, 0.4) is 0 Å². The van der Waals surface area contributed by atoms with Gasteiger partial charge in [0.15, 0.2) is 5.69 Å². The summed E-state index contributed by atoms with van der Waals surface area (Å²) in [7, 11) is 1.82. The number of likely N-dealkylation sites (tertiary alicyclic amines) is 1. The highest BCUT2D eigenvalue weighted by molar-refractivity contribution is 5.94. The number of nitrogens with two attached hydrogens (primary N) is 1. The molecule has 1 unspecified atom stereocenters. The molecule has 3 N–H and O–H groups in total. The minimum Gasteiger partial charge on any atom is -0.366 e. The van der Waals surface area contributed by atoms with Crippen LogP contribution in [-0.4, -0.2) is 44.6 Å². The van der Waals surface area contributed by atoms with Gasteiger partial charge in [-0.25, -0.2) is 0 Å². The summed E-state index contributed by atoms with van der Waals surface area (Å²) in [5, 5.41) is 4.26. The van der Waals surface area contributed by atoms with Gasteiger partial charge in [-0.1, -0.05) is 0 Å². The lowest BCUT2D eigenvalue weighted by atomic mass is 9.92. The number of nitrogens with one attached hydrogen (secondary N) is 1. The van der Waals surface area contributed by atoms with Crippen molar-refractivity contribution in [3.8, 4) is 0 Å². The number of nitrogens with zero attached hydrogens (tertiary/aromatic N) is 3. The monoisotopic (exact) mass is 315 g/mol. The van der Waals surface area contributed by atoms with Crippen LogP contribution in [-0.2, 0) is 7.05 Å². The van der Waals surface area contributed by atoms with Crippen molar-refractivity contribution in [3.05, 3.63) is 41.0 Å². The van der Waals surface area contributed by atoms with E-state index in [2.05, 4.69) is 10.1 Å². The first-order chi connectivity index (χ1) is 11.0. The van der Waals surface area contributed by atoms with Crippen molar-refractivity contribution in [2.24, 2.45) is 12.8 Å². The number of carbonyl (C=O) groups is 2. The van der Waals surface area contributed by atoms with Crippen molar-refractivity contribution in [1.29, 1.82) is 0 Å². The SMILES string of the molecule is Cc1cc(C(=O)N2CCCC(c3[nH]ccc3C(N)=O)C2)nn1C. The van der Waals surface area contributed by atoms with Crippen LogP contribution < -0.4 is 5.73 Å². The molecule has 0 aliphatic carbocycles. The molecular formula is C16H21N5O2. The maximum absolute atomic E-state index is 12.6. The molecular weight excluding hydrogens is 294 g/mol. The molecule has 1 saturated heterocycles. The summed E-state index contributed by atoms with van der Waals surface area (Å²) in [6.07, 6.45) is 3.53. The molecule has 1 atom stereocenters. The van der Waals surface area contributed by atoms with Crippen LogP contribution >= 0.6 is 0 Å². The summed E-state index contributed by atoms with van der Waals surface area (Å²) in [6, 6.07) is 3.50. The number of primary amides is 1. The number of hydrogen-bond acceptors (Lipinski definition) is 3. The first-order valence-corrected chi connectivity index (χ1v) is 7.74. The number of H-pyrrole nitrogens is 1. The zero-order valence-corrected chi connectivity index (χ0v) is 13.4. The van der Waals surface area contributed by atoms with E-state index in [0.717, 1.165) is 24.2 Å². The van der Waals surface area contributed by atoms with Crippen molar-refractivity contribution in [2.45, 2.75) is 25.7 Å². The van der Waals surface area contributed by atoms with Crippen LogP contribution in [0.2, 0.25) is 0 Å². The Labute approximate surface area is 134 Å². The number of rotatable bonds is 3. The van der Waals surface area contributed by atoms with Crippen molar-refractivity contribution >= 4 is 11.8 Å². The van der Waals surface area contributed by atoms with Crippen molar-refractivity contribution < 1.29 is 9.59 Å². The summed E-state index contributed by atoms with van der Waals surface area (Å²) >= 11 is 0. The minimum atomic E-state index is -0.440. The first-order valence-electron chi connectivity index (χ1n) is 7.74. The second-order valence-corrected chi connectivity index (χ2v) is 6.05. The Hall–Kier alpha value is -2.57. The smallest absolute Gasteiger partial charge is 0.274 e. The van der Waals surface area contributed by atoms with Gasteiger partial charge in [0.05, 0.1) is 5.56 Å². The number of piperidine rings is 1. The standard InChI is InChI=1S/C16H21N5O2/c1-10-8-13(19-20(10)2)16(23)21-7-3-4-11(9-21)14-12(15(17)22)5-6-18-14/h5-6,8,11,18H,3-4,7,9H2,1-2H3,(H2,17,22). The van der Waals surface area contributed by atoms with E-state index in [1.165, 1.54) is 0 Å². The van der Waals surface area contributed by atoms with E-state index in [1.54, 1.807) is 23.0 Å². The normalized spacial score (nSPS) is 18.2. The molecule has 23 heavy (non-hydrogen) atoms. The van der Waals surface area contributed by atoms with Crippen molar-refractivity contribution in [1.82, 2.24) is 19.7 Å². The summed E-state index contributed by atoms with van der Waals surface area (Å²) in [4.78, 5) is 29.1. The minimum absolute atomic E-state index is 0.0643. The van der Waals surface area contributed by atoms with Crippen LogP contribution in [0.4, 0.5) is 0 Å². The van der Waals surface area contributed by atoms with Crippen LogP contribution in [0.15, 0.2) is 18.3 Å². The van der Waals surface area contributed by atoms with Gasteiger partial charge in [0.1, 0.15) is 0 Å². The molecule has 0 radical (unpaired) electrons. The van der Waals surface area contributed by atoms with Crippen molar-refractivity contribution in [3.63, 3.8) is 0 Å². The van der Waals surface area contributed by atoms with Crippen molar-refractivity contribution in [2.75, 3.05) is 13.1 Å². The average molecular weight is 315 g/mol. The Morgan fingerprint density at radius 1 is 1.43 bits per heavy atom. The number of amides is 2. The topological polar surface area (TPSA) is 97.0 Å². The van der Waals surface area contributed by atoms with Gasteiger partial charge in [-0.3, -0.25) is 14.3 Å². The molecule has 1 aliphatic rings. The molecule has 1 aliphatic heterocycles. The zero-order valence-electron chi connectivity index (χ0n) is 13.4. The Morgan fingerprint density at radius 3 is 2.87 bits per heavy atom. The highest BCUT2D eigenvalue weighted by atomic mass is 16.2. The highest BCUT2D eigenvalue weighted by Crippen LogP contribution is 2.29. The second kappa shape index (κ2) is 5.91. The lowest BCUT2D eigenvalue weighted by molar-refractivity contribution is 0.0699. The second-order valence-electron chi connectivity index (χ2n) is 6.05. The molecule has 2 amide bonds. The third-order valence-electron chi connectivity index (χ3n) is 4.49. The molecule has 3 heterocycles. The number of carbonyl (C=O) groups excluding carboxylic acids is 2. The van der Waals surface area contributed by atoms with E-state index in [-0.39, 0.29) is 11.8 Å². The van der Waals surface area contributed by atoms with Gasteiger partial charge in [0, 0.05) is 43.6 Å². The fourth-order valence-corrected chi connectivity index (χ4v) is 3.16. The molecule has 122 valence electrons. The summed E-state index contributed by atoms with van der Waals surface area (Å²) in [5.41, 5.74) is 8.17. The van der Waals surface area contributed by atoms with Gasteiger partial charge >= 0.3 is 0 Å². The molecule has 1 fully saturated rings. The molecule has 7 nitrogen and oxygen atoms in total. The molecule has 0 bridgehead atoms. The van der Waals surface area contributed by atoms with Crippen LogP contribution in [0.25, 0.3) is 0 Å². The highest BCUT2D eigenvalue weighted by Gasteiger charge is 2.29. The van der Waals surface area contributed by atoms with E-state index >= 15 is 0 Å².